The highest BCUT2D eigenvalue weighted by Gasteiger charge is 2.26. The molecule has 0 saturated carbocycles. The summed E-state index contributed by atoms with van der Waals surface area (Å²) in [6.07, 6.45) is 0.681. The van der Waals surface area contributed by atoms with E-state index in [4.69, 9.17) is 0 Å². The minimum Gasteiger partial charge on any atom is -0.345 e. The molecule has 1 N–H and O–H groups in total. The molecule has 2 aromatic carbocycles. The maximum atomic E-state index is 13.7. The Kier molecular flexibility index (Phi) is 6.12. The maximum Gasteiger partial charge on any atom is 0.251 e. The van der Waals surface area contributed by atoms with Crippen LogP contribution in [0.2, 0.25) is 0 Å². The van der Waals surface area contributed by atoms with E-state index in [1.165, 1.54) is 35.6 Å². The Morgan fingerprint density at radius 3 is 2.71 bits per heavy atom. The highest BCUT2D eigenvalue weighted by atomic mass is 32.2. The number of halogens is 1. The van der Waals surface area contributed by atoms with Gasteiger partial charge in [-0.25, -0.2) is 12.8 Å². The first-order valence-corrected chi connectivity index (χ1v) is 11.4. The summed E-state index contributed by atoms with van der Waals surface area (Å²) in [5.74, 6) is 0.0960. The molecule has 0 aromatic heterocycles. The van der Waals surface area contributed by atoms with Crippen molar-refractivity contribution in [3.05, 3.63) is 59.4 Å². The maximum absolute atomic E-state index is 13.7. The Morgan fingerprint density at radius 2 is 2.00 bits per heavy atom. The van der Waals surface area contributed by atoms with Crippen LogP contribution >= 0.6 is 11.8 Å². The number of amides is 1. The van der Waals surface area contributed by atoms with Crippen LogP contribution in [0.3, 0.4) is 0 Å². The van der Waals surface area contributed by atoms with Gasteiger partial charge in [0.1, 0.15) is 5.82 Å². The molecule has 1 heterocycles. The lowest BCUT2D eigenvalue weighted by Crippen LogP contribution is -2.33. The number of hydrogen-bond donors (Lipinski definition) is 1. The molecule has 5 nitrogen and oxygen atoms in total. The van der Waals surface area contributed by atoms with Gasteiger partial charge in [0.05, 0.1) is 10.9 Å². The summed E-state index contributed by atoms with van der Waals surface area (Å²) in [5, 5.41) is 2.92. The molecular formula is C20H23FN2O3S2. The van der Waals surface area contributed by atoms with Crippen molar-refractivity contribution >= 4 is 27.7 Å². The molecule has 0 fully saturated rings. The summed E-state index contributed by atoms with van der Waals surface area (Å²) in [5.41, 5.74) is 1.02. The number of nitrogens with zero attached hydrogens (tertiary/aromatic N) is 1. The second-order valence-electron chi connectivity index (χ2n) is 6.99. The summed E-state index contributed by atoms with van der Waals surface area (Å²) in [7, 11) is -2.17. The number of carbonyl (C=O) groups excluding carboxylic acids is 1. The standard InChI is InChI=1S/C20H23FN2O3S2/c1-13(2)23(3)28(25,26)16-6-4-5-14(11-16)20(24)22-18-9-10-27-19-8-7-15(21)12-17(18)19/h4-8,11-13,18H,9-10H2,1-3H3,(H,22,24)/t18-/m1/s1. The Morgan fingerprint density at radius 1 is 1.25 bits per heavy atom. The average Bonchev–Trinajstić information content (AvgIpc) is 2.67. The third-order valence-corrected chi connectivity index (χ3v) is 7.97. The number of hydrogen-bond acceptors (Lipinski definition) is 4. The molecule has 0 unspecified atom stereocenters. The van der Waals surface area contributed by atoms with Crippen molar-refractivity contribution in [2.75, 3.05) is 12.8 Å². The van der Waals surface area contributed by atoms with Crippen molar-refractivity contribution in [2.24, 2.45) is 0 Å². The van der Waals surface area contributed by atoms with Crippen LogP contribution in [0.25, 0.3) is 0 Å². The molecule has 1 aliphatic rings. The number of fused-ring (bicyclic) bond motifs is 1. The number of rotatable bonds is 5. The van der Waals surface area contributed by atoms with Crippen LogP contribution in [0.4, 0.5) is 4.39 Å². The van der Waals surface area contributed by atoms with Crippen LogP contribution < -0.4 is 5.32 Å². The van der Waals surface area contributed by atoms with E-state index in [2.05, 4.69) is 5.32 Å². The summed E-state index contributed by atoms with van der Waals surface area (Å²) in [6, 6.07) is 10.1. The molecular weight excluding hydrogens is 399 g/mol. The first-order valence-electron chi connectivity index (χ1n) is 9.01. The summed E-state index contributed by atoms with van der Waals surface area (Å²) < 4.78 is 40.3. The molecule has 1 atom stereocenters. The minimum absolute atomic E-state index is 0.0713. The zero-order valence-electron chi connectivity index (χ0n) is 16.0. The predicted octanol–water partition coefficient (Wildman–Crippen LogP) is 3.82. The number of thioether (sulfide) groups is 1. The van der Waals surface area contributed by atoms with Crippen LogP contribution in [-0.4, -0.2) is 37.5 Å². The molecule has 3 rings (SSSR count). The third-order valence-electron chi connectivity index (χ3n) is 4.82. The van der Waals surface area contributed by atoms with Crippen LogP contribution in [0.1, 0.15) is 42.2 Å². The van der Waals surface area contributed by atoms with Gasteiger partial charge in [0.2, 0.25) is 10.0 Å². The van der Waals surface area contributed by atoms with E-state index in [1.807, 2.05) is 0 Å². The average molecular weight is 423 g/mol. The zero-order valence-corrected chi connectivity index (χ0v) is 17.6. The Hall–Kier alpha value is -1.90. The van der Waals surface area contributed by atoms with Crippen LogP contribution in [0.15, 0.2) is 52.3 Å². The molecule has 0 radical (unpaired) electrons. The fourth-order valence-electron chi connectivity index (χ4n) is 3.00. The van der Waals surface area contributed by atoms with Crippen molar-refractivity contribution in [1.82, 2.24) is 9.62 Å². The summed E-state index contributed by atoms with van der Waals surface area (Å²) >= 11 is 1.63. The van der Waals surface area contributed by atoms with Gasteiger partial charge in [0, 0.05) is 29.3 Å². The molecule has 0 bridgehead atoms. The first-order chi connectivity index (χ1) is 13.2. The van der Waals surface area contributed by atoms with E-state index >= 15 is 0 Å². The van der Waals surface area contributed by atoms with Gasteiger partial charge in [-0.15, -0.1) is 11.8 Å². The van der Waals surface area contributed by atoms with Crippen molar-refractivity contribution in [3.8, 4) is 0 Å². The number of nitrogens with one attached hydrogen (secondary N) is 1. The van der Waals surface area contributed by atoms with Crippen molar-refractivity contribution in [1.29, 1.82) is 0 Å². The predicted molar refractivity (Wildman–Crippen MR) is 108 cm³/mol. The van der Waals surface area contributed by atoms with Crippen molar-refractivity contribution in [2.45, 2.75) is 42.1 Å². The molecule has 2 aromatic rings. The summed E-state index contributed by atoms with van der Waals surface area (Å²) in [4.78, 5) is 13.8. The second kappa shape index (κ2) is 8.23. The van der Waals surface area contributed by atoms with E-state index < -0.39 is 10.0 Å². The minimum atomic E-state index is -3.68. The lowest BCUT2D eigenvalue weighted by atomic mass is 10.0. The van der Waals surface area contributed by atoms with E-state index in [0.29, 0.717) is 6.42 Å². The zero-order chi connectivity index (χ0) is 20.5. The van der Waals surface area contributed by atoms with Gasteiger partial charge in [-0.05, 0) is 62.2 Å². The SMILES string of the molecule is CC(C)N(C)S(=O)(=O)c1cccc(C(=O)N[C@@H]2CCSc3ccc(F)cc32)c1. The van der Waals surface area contributed by atoms with E-state index in [-0.39, 0.29) is 34.3 Å². The van der Waals surface area contributed by atoms with Gasteiger partial charge in [0.25, 0.3) is 5.91 Å². The van der Waals surface area contributed by atoms with Gasteiger partial charge in [0.15, 0.2) is 0 Å². The first kappa shape index (κ1) is 20.8. The monoisotopic (exact) mass is 422 g/mol. The van der Waals surface area contributed by atoms with Crippen LogP contribution in [0.5, 0.6) is 0 Å². The second-order valence-corrected chi connectivity index (χ2v) is 10.1. The Bertz CT molecular complexity index is 993. The Balaban J connectivity index is 1.85. The third kappa shape index (κ3) is 4.24. The highest BCUT2D eigenvalue weighted by molar-refractivity contribution is 7.99. The summed E-state index contributed by atoms with van der Waals surface area (Å²) in [6.45, 7) is 3.57. The lowest BCUT2D eigenvalue weighted by molar-refractivity contribution is 0.0934. The van der Waals surface area contributed by atoms with E-state index in [1.54, 1.807) is 43.8 Å². The molecule has 0 aliphatic carbocycles. The molecule has 0 spiro atoms. The topological polar surface area (TPSA) is 66.5 Å². The quantitative estimate of drug-likeness (QED) is 0.796. The van der Waals surface area contributed by atoms with Crippen LogP contribution in [-0.2, 0) is 10.0 Å². The van der Waals surface area contributed by atoms with Crippen molar-refractivity contribution < 1.29 is 17.6 Å². The smallest absolute Gasteiger partial charge is 0.251 e. The van der Waals surface area contributed by atoms with Gasteiger partial charge >= 0.3 is 0 Å². The van der Waals surface area contributed by atoms with E-state index in [9.17, 15) is 17.6 Å². The molecule has 150 valence electrons. The molecule has 8 heteroatoms. The molecule has 0 saturated heterocycles. The molecule has 1 aliphatic heterocycles. The number of carbonyl (C=O) groups is 1. The van der Waals surface area contributed by atoms with Crippen molar-refractivity contribution in [3.63, 3.8) is 0 Å². The number of benzene rings is 2. The van der Waals surface area contributed by atoms with E-state index in [0.717, 1.165) is 16.2 Å². The van der Waals surface area contributed by atoms with Gasteiger partial charge in [-0.3, -0.25) is 4.79 Å². The molecule has 1 amide bonds. The number of sulfonamides is 1. The van der Waals surface area contributed by atoms with Gasteiger partial charge in [-0.1, -0.05) is 6.07 Å². The van der Waals surface area contributed by atoms with Gasteiger partial charge in [-0.2, -0.15) is 4.31 Å². The van der Waals surface area contributed by atoms with Crippen LogP contribution in [0, 0.1) is 5.82 Å². The lowest BCUT2D eigenvalue weighted by Gasteiger charge is -2.26. The normalized spacial score (nSPS) is 16.9. The fraction of sp³-hybridized carbons (Fsp3) is 0.350. The highest BCUT2D eigenvalue weighted by Crippen LogP contribution is 2.36. The fourth-order valence-corrected chi connectivity index (χ4v) is 5.52. The van der Waals surface area contributed by atoms with Gasteiger partial charge < -0.3 is 5.32 Å². The Labute approximate surface area is 169 Å². The largest absolute Gasteiger partial charge is 0.345 e. The molecule has 28 heavy (non-hydrogen) atoms.